The van der Waals surface area contributed by atoms with E-state index in [0.717, 1.165) is 106 Å². The van der Waals surface area contributed by atoms with Gasteiger partial charge in [-0.15, -0.1) is 0 Å². The predicted octanol–water partition coefficient (Wildman–Crippen LogP) is 17.5. The maximum atomic E-state index is 6.94. The van der Waals surface area contributed by atoms with Crippen LogP contribution < -0.4 is 21.3 Å². The Morgan fingerprint density at radius 3 is 1.56 bits per heavy atom. The van der Waals surface area contributed by atoms with Crippen LogP contribution in [0.3, 0.4) is 0 Å². The molecule has 0 spiro atoms. The Bertz CT molecular complexity index is 4860. The zero-order valence-electron chi connectivity index (χ0n) is 41.6. The van der Waals surface area contributed by atoms with Crippen molar-refractivity contribution in [2.75, 3.05) is 4.90 Å². The number of hydrogen-bond acceptors (Lipinski definition) is 3. The molecule has 77 heavy (non-hydrogen) atoms. The van der Waals surface area contributed by atoms with Gasteiger partial charge in [-0.2, -0.15) is 0 Å². The number of furan rings is 2. The molecule has 0 atom stereocenters. The summed E-state index contributed by atoms with van der Waals surface area (Å²) in [5.41, 5.74) is 25.4. The third-order valence-electron chi connectivity index (χ3n) is 16.5. The Kier molecular flexibility index (Phi) is 8.90. The number of para-hydroxylation sites is 4. The highest BCUT2D eigenvalue weighted by atomic mass is 16.3. The maximum absolute atomic E-state index is 6.94. The zero-order chi connectivity index (χ0) is 50.3. The van der Waals surface area contributed by atoms with Gasteiger partial charge in [-0.1, -0.05) is 206 Å². The third-order valence-corrected chi connectivity index (χ3v) is 16.5. The van der Waals surface area contributed by atoms with E-state index >= 15 is 0 Å². The molecule has 0 unspecified atom stereocenters. The molecule has 0 aliphatic carbocycles. The van der Waals surface area contributed by atoms with Gasteiger partial charge in [0.05, 0.1) is 11.2 Å². The quantitative estimate of drug-likeness (QED) is 0.156. The highest BCUT2D eigenvalue weighted by Gasteiger charge is 2.44. The summed E-state index contributed by atoms with van der Waals surface area (Å²) in [6.45, 7) is -0.194. The average molecular weight is 979 g/mol. The summed E-state index contributed by atoms with van der Waals surface area (Å²) < 4.78 is 16.5. The fraction of sp³-hybridized carbons (Fsp3) is 0. The van der Waals surface area contributed by atoms with Crippen LogP contribution in [0.2, 0.25) is 0 Å². The molecule has 356 valence electrons. The van der Waals surface area contributed by atoms with E-state index in [1.54, 1.807) is 0 Å². The Morgan fingerprint density at radius 1 is 0.299 bits per heavy atom. The molecule has 2 aliphatic heterocycles. The van der Waals surface area contributed by atoms with E-state index in [2.05, 4.69) is 270 Å². The second-order valence-electron chi connectivity index (χ2n) is 20.7. The van der Waals surface area contributed by atoms with Gasteiger partial charge >= 0.3 is 0 Å². The molecular formula is C72H43BN2O2. The van der Waals surface area contributed by atoms with Gasteiger partial charge in [0, 0.05) is 71.6 Å². The highest BCUT2D eigenvalue weighted by Crippen LogP contribution is 2.51. The molecule has 5 heterocycles. The van der Waals surface area contributed by atoms with E-state index in [1.165, 1.54) is 54.9 Å². The number of benzene rings is 12. The Morgan fingerprint density at radius 2 is 0.857 bits per heavy atom. The predicted molar refractivity (Wildman–Crippen MR) is 322 cm³/mol. The maximum Gasteiger partial charge on any atom is 0.252 e. The van der Waals surface area contributed by atoms with E-state index in [9.17, 15) is 0 Å². The largest absolute Gasteiger partial charge is 0.456 e. The van der Waals surface area contributed by atoms with Crippen molar-refractivity contribution in [3.05, 3.63) is 261 Å². The first-order valence-electron chi connectivity index (χ1n) is 26.5. The number of nitrogens with zero attached hydrogens (tertiary/aromatic N) is 2. The smallest absolute Gasteiger partial charge is 0.252 e. The Balaban J connectivity index is 1.08. The summed E-state index contributed by atoms with van der Waals surface area (Å²) in [7, 11) is 0. The molecule has 3 aromatic heterocycles. The lowest BCUT2D eigenvalue weighted by atomic mass is 9.33. The van der Waals surface area contributed by atoms with Crippen LogP contribution in [0.1, 0.15) is 0 Å². The van der Waals surface area contributed by atoms with Gasteiger partial charge < -0.3 is 18.3 Å². The first-order chi connectivity index (χ1) is 38.2. The van der Waals surface area contributed by atoms with Gasteiger partial charge in [0.2, 0.25) is 0 Å². The molecule has 5 heteroatoms. The molecular weight excluding hydrogens is 936 g/mol. The summed E-state index contributed by atoms with van der Waals surface area (Å²) in [4.78, 5) is 2.61. The number of aromatic nitrogens is 1. The molecule has 0 saturated carbocycles. The summed E-state index contributed by atoms with van der Waals surface area (Å²) >= 11 is 0. The molecule has 0 saturated heterocycles. The van der Waals surface area contributed by atoms with Crippen molar-refractivity contribution in [1.29, 1.82) is 0 Å². The monoisotopic (exact) mass is 978 g/mol. The fourth-order valence-corrected chi connectivity index (χ4v) is 13.2. The molecule has 4 nitrogen and oxygen atoms in total. The minimum Gasteiger partial charge on any atom is -0.456 e. The van der Waals surface area contributed by atoms with Crippen LogP contribution in [0, 0.1) is 0 Å². The standard InChI is InChI=1S/C72H43BN2O2/c1-5-19-44(20-6-1)48-35-36-62-57(37-48)59-38-49(45-21-7-2-8-22-45)39-61-71(59)74(62)64-40-50(53-31-18-32-56-54-27-13-16-34-67(54)77-72(53)56)41-65-69(64)73(61)60-43-68-58(55-28-14-15-33-66(55)76-68)42-63(60)75(65)70-51(46-23-9-3-10-24-46)29-17-30-52(70)47-25-11-4-12-26-47/h1-43H. The Hall–Kier alpha value is -10.1. The van der Waals surface area contributed by atoms with Crippen molar-refractivity contribution in [3.8, 4) is 61.3 Å². The molecule has 0 N–H and O–H groups in total. The van der Waals surface area contributed by atoms with Crippen LogP contribution in [0.15, 0.2) is 270 Å². The summed E-state index contributed by atoms with van der Waals surface area (Å²) in [5, 5.41) is 6.81. The first-order valence-corrected chi connectivity index (χ1v) is 26.5. The third kappa shape index (κ3) is 6.17. The van der Waals surface area contributed by atoms with Crippen molar-refractivity contribution >= 4 is 106 Å². The van der Waals surface area contributed by atoms with Gasteiger partial charge in [0.1, 0.15) is 22.3 Å². The minimum atomic E-state index is -0.194. The number of fused-ring (bicyclic) bond motifs is 13. The summed E-state index contributed by atoms with van der Waals surface area (Å²) in [5.74, 6) is 0. The van der Waals surface area contributed by atoms with Gasteiger partial charge in [-0.3, -0.25) is 0 Å². The van der Waals surface area contributed by atoms with Gasteiger partial charge in [0.15, 0.2) is 0 Å². The Labute approximate surface area is 444 Å². The molecule has 0 radical (unpaired) electrons. The molecule has 2 aliphatic rings. The lowest BCUT2D eigenvalue weighted by Crippen LogP contribution is -2.60. The van der Waals surface area contributed by atoms with Crippen LogP contribution >= 0.6 is 0 Å². The first kappa shape index (κ1) is 42.3. The van der Waals surface area contributed by atoms with Crippen molar-refractivity contribution in [3.63, 3.8) is 0 Å². The van der Waals surface area contributed by atoms with Gasteiger partial charge in [-0.05, 0) is 110 Å². The normalized spacial score (nSPS) is 12.6. The van der Waals surface area contributed by atoms with Crippen LogP contribution in [-0.2, 0) is 0 Å². The van der Waals surface area contributed by atoms with Crippen molar-refractivity contribution < 1.29 is 8.83 Å². The molecule has 0 fully saturated rings. The topological polar surface area (TPSA) is 34.5 Å². The summed E-state index contributed by atoms with van der Waals surface area (Å²) in [6, 6.07) is 95.6. The van der Waals surface area contributed by atoms with Gasteiger partial charge in [-0.25, -0.2) is 0 Å². The van der Waals surface area contributed by atoms with E-state index < -0.39 is 0 Å². The second kappa shape index (κ2) is 16.2. The highest BCUT2D eigenvalue weighted by molar-refractivity contribution is 7.00. The second-order valence-corrected chi connectivity index (χ2v) is 20.7. The molecule has 0 bridgehead atoms. The zero-order valence-corrected chi connectivity index (χ0v) is 41.6. The lowest BCUT2D eigenvalue weighted by molar-refractivity contribution is 0.669. The van der Waals surface area contributed by atoms with E-state index in [1.807, 2.05) is 0 Å². The van der Waals surface area contributed by atoms with E-state index in [4.69, 9.17) is 8.83 Å². The van der Waals surface area contributed by atoms with E-state index in [-0.39, 0.29) is 6.71 Å². The van der Waals surface area contributed by atoms with Crippen molar-refractivity contribution in [2.45, 2.75) is 0 Å². The number of rotatable bonds is 6. The SMILES string of the molecule is c1ccc(-c2ccc3c(c2)c2cc(-c4ccccc4)cc4c2n3-c2cc(-c3cccc5c3oc3ccccc35)cc3c2B4c2cc4oc5ccccc5c4cc2N3c2c(-c3ccccc3)cccc2-c2ccccc2)cc1. The van der Waals surface area contributed by atoms with Crippen molar-refractivity contribution in [1.82, 2.24) is 4.57 Å². The van der Waals surface area contributed by atoms with Gasteiger partial charge in [0.25, 0.3) is 6.71 Å². The van der Waals surface area contributed by atoms with E-state index in [0.29, 0.717) is 0 Å². The minimum absolute atomic E-state index is 0.194. The molecule has 0 amide bonds. The average Bonchev–Trinajstić information content (AvgIpc) is 4.41. The van der Waals surface area contributed by atoms with Crippen molar-refractivity contribution in [2.24, 2.45) is 0 Å². The van der Waals surface area contributed by atoms with Crippen LogP contribution in [0.5, 0.6) is 0 Å². The fourth-order valence-electron chi connectivity index (χ4n) is 13.2. The lowest BCUT2D eigenvalue weighted by Gasteiger charge is -2.42. The molecule has 12 aromatic carbocycles. The van der Waals surface area contributed by atoms with Crippen LogP contribution in [-0.4, -0.2) is 11.3 Å². The molecule has 15 aromatic rings. The summed E-state index contributed by atoms with van der Waals surface area (Å²) in [6.07, 6.45) is 0. The molecule has 17 rings (SSSR count). The number of hydrogen-bond donors (Lipinski definition) is 0. The van der Waals surface area contributed by atoms with Crippen LogP contribution in [0.4, 0.5) is 17.1 Å². The van der Waals surface area contributed by atoms with Crippen LogP contribution in [0.25, 0.3) is 127 Å². The number of anilines is 3.